The molecule has 7 heterocycles. The van der Waals surface area contributed by atoms with Gasteiger partial charge in [-0.1, -0.05) is 101 Å². The number of hydrogen-bond donors (Lipinski definition) is 9. The maximum absolute atomic E-state index is 14.2. The van der Waals surface area contributed by atoms with Crippen LogP contribution in [0.5, 0.6) is 0 Å². The van der Waals surface area contributed by atoms with Crippen LogP contribution in [0, 0.1) is 35.5 Å². The van der Waals surface area contributed by atoms with Crippen LogP contribution in [0.4, 0.5) is 0 Å². The van der Waals surface area contributed by atoms with Crippen molar-refractivity contribution in [1.82, 2.24) is 0 Å². The third-order valence-electron chi connectivity index (χ3n) is 25.5. The molecule has 0 aromatic heterocycles. The Balaban J connectivity index is 1.17. The van der Waals surface area contributed by atoms with Gasteiger partial charge < -0.3 is 126 Å². The van der Waals surface area contributed by atoms with Crippen molar-refractivity contribution >= 4 is 11.9 Å². The van der Waals surface area contributed by atoms with Gasteiger partial charge in [0.1, 0.15) is 48.8 Å². The summed E-state index contributed by atoms with van der Waals surface area (Å²) in [6.45, 7) is 18.8. The highest BCUT2D eigenvalue weighted by atomic mass is 16.7. The summed E-state index contributed by atoms with van der Waals surface area (Å²) in [6.07, 6.45) is 4.02. The summed E-state index contributed by atoms with van der Waals surface area (Å²) in [5.41, 5.74) is 1.29. The summed E-state index contributed by atoms with van der Waals surface area (Å²) in [7, 11) is 10.9. The molecular formula is C89H150O28. The zero-order chi connectivity index (χ0) is 85.7. The highest BCUT2D eigenvalue weighted by Gasteiger charge is 2.45. The Bertz CT molecular complexity index is 3020. The van der Waals surface area contributed by atoms with Crippen molar-refractivity contribution in [3.8, 4) is 0 Å². The van der Waals surface area contributed by atoms with E-state index in [4.69, 9.17) is 80.5 Å². The first kappa shape index (κ1) is 101. The van der Waals surface area contributed by atoms with E-state index in [1.807, 2.05) is 84.9 Å². The molecule has 9 N–H and O–H groups in total. The smallest absolute Gasteiger partial charge is 0.331 e. The predicted molar refractivity (Wildman–Crippen MR) is 436 cm³/mol. The number of carbonyl (C=O) groups is 2. The van der Waals surface area contributed by atoms with Crippen LogP contribution in [0.25, 0.3) is 0 Å². The molecule has 4 bridgehead atoms. The van der Waals surface area contributed by atoms with Crippen LogP contribution in [0.15, 0.2) is 71.9 Å². The van der Waals surface area contributed by atoms with Crippen LogP contribution in [0.1, 0.15) is 198 Å². The molecule has 0 radical (unpaired) electrons. The summed E-state index contributed by atoms with van der Waals surface area (Å²) in [5, 5.41) is 106. The number of fused-ring (bicyclic) bond motifs is 4. The van der Waals surface area contributed by atoms with Crippen LogP contribution in [0.3, 0.4) is 0 Å². The molecule has 0 saturated carbocycles. The molecule has 7 aliphatic rings. The summed E-state index contributed by atoms with van der Waals surface area (Å²) in [4.78, 5) is 28.4. The van der Waals surface area contributed by atoms with Crippen molar-refractivity contribution < 1.29 is 136 Å². The number of ether oxygens (including phenoxy) is 17. The highest BCUT2D eigenvalue weighted by Crippen LogP contribution is 2.37. The zero-order valence-electron chi connectivity index (χ0n) is 72.9. The van der Waals surface area contributed by atoms with Crippen molar-refractivity contribution in [2.45, 2.75) is 381 Å². The molecule has 7 rings (SSSR count). The molecule has 7 aliphatic heterocycles. The summed E-state index contributed by atoms with van der Waals surface area (Å²) < 4.78 is 104. The lowest BCUT2D eigenvalue weighted by atomic mass is 9.83. The minimum Gasteiger partial charge on any atom is -0.459 e. The van der Waals surface area contributed by atoms with Gasteiger partial charge in [-0.2, -0.15) is 0 Å². The fourth-order valence-electron chi connectivity index (χ4n) is 17.8. The number of hydrogen-bond acceptors (Lipinski definition) is 28. The Hall–Kier alpha value is -3.58. The third kappa shape index (κ3) is 32.2. The van der Waals surface area contributed by atoms with Crippen molar-refractivity contribution in [1.29, 1.82) is 0 Å². The van der Waals surface area contributed by atoms with Gasteiger partial charge in [0, 0.05) is 124 Å². The van der Waals surface area contributed by atoms with Crippen molar-refractivity contribution in [2.75, 3.05) is 63.0 Å². The highest BCUT2D eigenvalue weighted by molar-refractivity contribution is 5.83. The van der Waals surface area contributed by atoms with E-state index in [-0.39, 0.29) is 113 Å². The minimum atomic E-state index is -1.36. The van der Waals surface area contributed by atoms with Gasteiger partial charge in [-0.25, -0.2) is 9.59 Å². The fraction of sp³-hybridized carbons (Fsp3) is 0.843. The molecule has 28 nitrogen and oxygen atoms in total. The predicted octanol–water partition coefficient (Wildman–Crippen LogP) is 8.51. The van der Waals surface area contributed by atoms with Gasteiger partial charge in [0.15, 0.2) is 12.6 Å². The van der Waals surface area contributed by atoms with Crippen molar-refractivity contribution in [3.05, 3.63) is 71.9 Å². The molecule has 4 fully saturated rings. The van der Waals surface area contributed by atoms with E-state index in [9.17, 15) is 55.5 Å². The van der Waals surface area contributed by atoms with Gasteiger partial charge in [-0.15, -0.1) is 0 Å². The van der Waals surface area contributed by atoms with Crippen LogP contribution in [-0.2, 0) is 90.1 Å². The molecule has 674 valence electrons. The maximum atomic E-state index is 14.2. The van der Waals surface area contributed by atoms with Gasteiger partial charge in [-0.3, -0.25) is 0 Å². The molecule has 0 aromatic rings. The summed E-state index contributed by atoms with van der Waals surface area (Å²) in [5.74, 6) is -4.46. The molecule has 0 unspecified atom stereocenters. The first-order valence-electron chi connectivity index (χ1n) is 43.2. The van der Waals surface area contributed by atoms with Crippen LogP contribution >= 0.6 is 0 Å². The molecule has 4 saturated heterocycles. The third-order valence-corrected chi connectivity index (χ3v) is 25.5. The Labute approximate surface area is 696 Å². The largest absolute Gasteiger partial charge is 0.459 e. The van der Waals surface area contributed by atoms with Gasteiger partial charge in [0.2, 0.25) is 0 Å². The first-order chi connectivity index (χ1) is 55.8. The first-order valence-corrected chi connectivity index (χ1v) is 43.2. The van der Waals surface area contributed by atoms with Gasteiger partial charge in [-0.05, 0) is 129 Å². The number of allylic oxidation sites excluding steroid dienone is 4. The van der Waals surface area contributed by atoms with E-state index in [0.29, 0.717) is 62.5 Å². The van der Waals surface area contributed by atoms with Gasteiger partial charge in [0.25, 0.3) is 0 Å². The van der Waals surface area contributed by atoms with Crippen LogP contribution < -0.4 is 0 Å². The second kappa shape index (κ2) is 51.0. The number of aliphatic hydroxyl groups excluding tert-OH is 9. The lowest BCUT2D eigenvalue weighted by Gasteiger charge is -2.40. The monoisotopic (exact) mass is 1670 g/mol. The van der Waals surface area contributed by atoms with Crippen LogP contribution in [0.2, 0.25) is 0 Å². The average molecular weight is 1670 g/mol. The Morgan fingerprint density at radius 3 is 1.22 bits per heavy atom. The number of esters is 2. The molecule has 0 spiro atoms. The van der Waals surface area contributed by atoms with E-state index in [2.05, 4.69) is 0 Å². The molecule has 117 heavy (non-hydrogen) atoms. The normalized spacial score (nSPS) is 41.3. The average Bonchev–Trinajstić information content (AvgIpc) is 0.839. The Morgan fingerprint density at radius 1 is 0.427 bits per heavy atom. The topological polar surface area (TPSA) is 373 Å². The van der Waals surface area contributed by atoms with E-state index >= 15 is 0 Å². The molecule has 0 amide bonds. The molecule has 28 heteroatoms. The van der Waals surface area contributed by atoms with E-state index in [1.165, 1.54) is 33.5 Å². The molecule has 0 aliphatic carbocycles. The second-order valence-electron chi connectivity index (χ2n) is 34.7. The van der Waals surface area contributed by atoms with Gasteiger partial charge >= 0.3 is 11.9 Å². The molecule has 0 aromatic carbocycles. The standard InChI is InChI=1S/C89H150O28/c1-50-24-30-68(114-88-84(99)86(106-16)74(94)48-108-88)42-62-20-18-22-64(112-62)46-75(103-13)56(7)72(92)38-60(90)41-78(59(10)83(98)53(4)29-33-67-45-71(102-12)37-55(6)111-67)117-81(96)35-27-51(2)25-31-69(115-89-85(100)87(107-17)79(105-15)49-109-89)43-63-21-19-23-65(113-63)47-76(104-14)57(8)73(93)39-61(91)40-77(116-80(95)34-26-50)58(9)82(97)52(3)28-32-66-44-70(101-11)36-54(5)110-66/h18-21,24-27,34-35,52-79,82-94,97-100H,22-23,28-33,36-49H2,1-17H3/b34-26+,35-27+,50-24+,51-25?/t52-,53-,54-,55-,56-,57-,58+,59+,60+,61+,62-,63-,64-,65-,66-,67-,68-,69-,70+,71+,72-,73-,74-,75-,76-,77-,78-,79-,82-,83-,84-,85-,86+,87+,88+,89+/m0/s1. The van der Waals surface area contributed by atoms with Crippen molar-refractivity contribution in [3.63, 3.8) is 0 Å². The zero-order valence-corrected chi connectivity index (χ0v) is 72.9. The number of rotatable bonds is 23. The quantitative estimate of drug-likeness (QED) is 0.0342. The summed E-state index contributed by atoms with van der Waals surface area (Å²) >= 11 is 0. The van der Waals surface area contributed by atoms with Crippen LogP contribution in [-0.4, -0.2) is 304 Å². The van der Waals surface area contributed by atoms with E-state index in [1.54, 1.807) is 61.4 Å². The summed E-state index contributed by atoms with van der Waals surface area (Å²) in [6, 6.07) is 0. The Morgan fingerprint density at radius 2 is 0.829 bits per heavy atom. The molecular weight excluding hydrogens is 1520 g/mol. The van der Waals surface area contributed by atoms with E-state index in [0.717, 1.165) is 25.7 Å². The minimum absolute atomic E-state index is 0.0170. The number of aliphatic hydroxyl groups is 9. The number of carbonyl (C=O) groups excluding carboxylic acids is 2. The second-order valence-corrected chi connectivity index (χ2v) is 34.7. The lowest BCUT2D eigenvalue weighted by molar-refractivity contribution is -0.290. The SMILES string of the molecule is CO[C@H]1C[C@H](CC[C@H](C)[C@H](O)[C@H](C)[C@@H]2C[C@H](O)C[C@H](O)[C@H](C)[C@@H](OC)C[C@@H]3CC=C[C@@H](C[C@@H](O[C@H]4OC[C@H](OC)[C@@H](OC)[C@@H]4O)CC=C(C)/C=C/C(=O)O[C@H]([C@@H](C)[C@@H](O)[C@@H](C)CC[C@H]4C[C@H](OC)C[C@H](C)O4)C[C@H](O)C[C@H](O)[C@H](C)[C@@H](OC)C[C@@H]4CC=C[C@@H](C[C@@H](O[C@H]5OC[C@H](O)[C@@H](OC)[C@@H]5O)C/C=C(C)/C=C/C(=O)O2)O4)O3)O[C@@H](C)C1. The number of cyclic esters (lactones) is 2. The lowest BCUT2D eigenvalue weighted by Crippen LogP contribution is -2.56. The van der Waals surface area contributed by atoms with Gasteiger partial charge in [0.05, 0.1) is 135 Å². The van der Waals surface area contributed by atoms with Crippen molar-refractivity contribution in [2.24, 2.45) is 35.5 Å². The van der Waals surface area contributed by atoms with E-state index < -0.39 is 182 Å². The molecule has 36 atom stereocenters. The maximum Gasteiger partial charge on any atom is 0.331 e. The Kier molecular flexibility index (Phi) is 43.8. The fourth-order valence-corrected chi connectivity index (χ4v) is 17.8. The number of methoxy groups -OCH3 is 7.